The average molecular weight is 206 g/mol. The highest BCUT2D eigenvalue weighted by Crippen LogP contribution is 2.21. The highest BCUT2D eigenvalue weighted by molar-refractivity contribution is 4.69. The van der Waals surface area contributed by atoms with Gasteiger partial charge in [0.2, 0.25) is 0 Å². The minimum atomic E-state index is -0.413. The Bertz CT molecular complexity index is 113. The van der Waals surface area contributed by atoms with Crippen molar-refractivity contribution < 1.29 is 14.2 Å². The second-order valence-corrected chi connectivity index (χ2v) is 2.91. The van der Waals surface area contributed by atoms with Crippen LogP contribution in [0.3, 0.4) is 0 Å². The van der Waals surface area contributed by atoms with Gasteiger partial charge in [-0.15, -0.1) is 0 Å². The summed E-state index contributed by atoms with van der Waals surface area (Å²) in [5.41, 5.74) is 0. The third kappa shape index (κ3) is 7.30. The fraction of sp³-hybridized carbons (Fsp3) is 1.00. The van der Waals surface area contributed by atoms with Gasteiger partial charge in [0.15, 0.2) is 5.79 Å². The fourth-order valence-electron chi connectivity index (χ4n) is 1.03. The smallest absolute Gasteiger partial charge is 0.163 e. The maximum absolute atomic E-state index is 5.44. The normalized spacial score (nSPS) is 22.9. The van der Waals surface area contributed by atoms with Crippen LogP contribution < -0.4 is 0 Å². The highest BCUT2D eigenvalue weighted by Gasteiger charge is 2.32. The van der Waals surface area contributed by atoms with Crippen LogP contribution >= 0.6 is 0 Å². The number of rotatable bonds is 2. The Morgan fingerprint density at radius 1 is 1.21 bits per heavy atom. The van der Waals surface area contributed by atoms with Gasteiger partial charge in [0.1, 0.15) is 6.10 Å². The molecule has 0 aromatic rings. The summed E-state index contributed by atoms with van der Waals surface area (Å²) < 4.78 is 15.7. The van der Waals surface area contributed by atoms with E-state index in [-0.39, 0.29) is 6.10 Å². The van der Waals surface area contributed by atoms with Crippen LogP contribution in [0.4, 0.5) is 0 Å². The maximum atomic E-state index is 5.44. The Kier molecular flexibility index (Phi) is 11.0. The van der Waals surface area contributed by atoms with Gasteiger partial charge in [0, 0.05) is 7.11 Å². The van der Waals surface area contributed by atoms with Gasteiger partial charge in [-0.1, -0.05) is 27.7 Å². The maximum Gasteiger partial charge on any atom is 0.163 e. The predicted molar refractivity (Wildman–Crippen MR) is 59.5 cm³/mol. The van der Waals surface area contributed by atoms with Crippen molar-refractivity contribution in [3.8, 4) is 0 Å². The molecule has 1 aliphatic rings. The predicted octanol–water partition coefficient (Wildman–Crippen LogP) is 2.84. The van der Waals surface area contributed by atoms with E-state index >= 15 is 0 Å². The van der Waals surface area contributed by atoms with E-state index in [2.05, 4.69) is 0 Å². The molecule has 0 aliphatic carbocycles. The molecule has 0 N–H and O–H groups in total. The number of hydrogen-bond acceptors (Lipinski definition) is 3. The van der Waals surface area contributed by atoms with Gasteiger partial charge < -0.3 is 14.2 Å². The first-order valence-electron chi connectivity index (χ1n) is 5.45. The summed E-state index contributed by atoms with van der Waals surface area (Å²) in [6, 6.07) is 0. The molecule has 1 aliphatic heterocycles. The third-order valence-corrected chi connectivity index (χ3v) is 1.42. The molecule has 1 unspecified atom stereocenters. The van der Waals surface area contributed by atoms with E-state index in [1.807, 2.05) is 41.5 Å². The van der Waals surface area contributed by atoms with Crippen LogP contribution in [0.15, 0.2) is 0 Å². The Labute approximate surface area is 88.7 Å². The van der Waals surface area contributed by atoms with Crippen molar-refractivity contribution in [3.05, 3.63) is 0 Å². The molecule has 3 nitrogen and oxygen atoms in total. The standard InChI is InChI=1S/C7H14O3.2C2H6/c1-7(2)9-5-6(10-7)4-8-3;2*1-2/h6H,4-5H2,1-3H3;2*1-2H3. The summed E-state index contributed by atoms with van der Waals surface area (Å²) in [6.45, 7) is 13.1. The lowest BCUT2D eigenvalue weighted by Gasteiger charge is -2.16. The number of hydrogen-bond donors (Lipinski definition) is 0. The molecule has 0 amide bonds. The molecule has 14 heavy (non-hydrogen) atoms. The van der Waals surface area contributed by atoms with E-state index in [1.54, 1.807) is 7.11 Å². The molecule has 1 fully saturated rings. The first kappa shape index (κ1) is 16.3. The Hall–Kier alpha value is -0.120. The largest absolute Gasteiger partial charge is 0.382 e. The minimum Gasteiger partial charge on any atom is -0.382 e. The monoisotopic (exact) mass is 206 g/mol. The lowest BCUT2D eigenvalue weighted by atomic mass is 10.4. The summed E-state index contributed by atoms with van der Waals surface area (Å²) >= 11 is 0. The Balaban J connectivity index is 0. The molecule has 0 saturated carbocycles. The number of ether oxygens (including phenoxy) is 3. The van der Waals surface area contributed by atoms with Crippen LogP contribution in [-0.4, -0.2) is 32.2 Å². The van der Waals surface area contributed by atoms with E-state index in [4.69, 9.17) is 14.2 Å². The van der Waals surface area contributed by atoms with Gasteiger partial charge in [0.05, 0.1) is 13.2 Å². The molecule has 0 aromatic heterocycles. The van der Waals surface area contributed by atoms with Gasteiger partial charge in [-0.25, -0.2) is 0 Å². The van der Waals surface area contributed by atoms with Gasteiger partial charge in [-0.2, -0.15) is 0 Å². The Morgan fingerprint density at radius 2 is 1.71 bits per heavy atom. The summed E-state index contributed by atoms with van der Waals surface area (Å²) in [4.78, 5) is 0. The van der Waals surface area contributed by atoms with Crippen LogP contribution in [0.5, 0.6) is 0 Å². The van der Waals surface area contributed by atoms with Crippen LogP contribution in [0.25, 0.3) is 0 Å². The molecule has 1 saturated heterocycles. The topological polar surface area (TPSA) is 27.7 Å². The van der Waals surface area contributed by atoms with Crippen molar-refractivity contribution in [3.63, 3.8) is 0 Å². The SMILES string of the molecule is CC.CC.COCC1COC(C)(C)O1. The lowest BCUT2D eigenvalue weighted by molar-refractivity contribution is -0.143. The van der Waals surface area contributed by atoms with Crippen molar-refractivity contribution in [1.82, 2.24) is 0 Å². The van der Waals surface area contributed by atoms with E-state index in [1.165, 1.54) is 0 Å². The van der Waals surface area contributed by atoms with E-state index < -0.39 is 5.79 Å². The molecule has 1 atom stereocenters. The second kappa shape index (κ2) is 9.44. The zero-order valence-electron chi connectivity index (χ0n) is 10.7. The van der Waals surface area contributed by atoms with Crippen molar-refractivity contribution in [2.45, 2.75) is 53.4 Å². The molecular formula is C11H26O3. The molecule has 0 spiro atoms. The van der Waals surface area contributed by atoms with Gasteiger partial charge in [-0.3, -0.25) is 0 Å². The molecule has 1 heterocycles. The van der Waals surface area contributed by atoms with Crippen LogP contribution in [0.2, 0.25) is 0 Å². The van der Waals surface area contributed by atoms with Gasteiger partial charge in [0.25, 0.3) is 0 Å². The zero-order chi connectivity index (χ0) is 11.6. The van der Waals surface area contributed by atoms with Gasteiger partial charge >= 0.3 is 0 Å². The summed E-state index contributed by atoms with van der Waals surface area (Å²) in [5, 5.41) is 0. The lowest BCUT2D eigenvalue weighted by Crippen LogP contribution is -2.23. The van der Waals surface area contributed by atoms with E-state index in [0.717, 1.165) is 0 Å². The van der Waals surface area contributed by atoms with Crippen LogP contribution in [-0.2, 0) is 14.2 Å². The summed E-state index contributed by atoms with van der Waals surface area (Å²) in [5.74, 6) is -0.413. The van der Waals surface area contributed by atoms with Crippen molar-refractivity contribution in [2.24, 2.45) is 0 Å². The summed E-state index contributed by atoms with van der Waals surface area (Å²) in [6.07, 6.45) is 0.111. The van der Waals surface area contributed by atoms with Crippen molar-refractivity contribution >= 4 is 0 Å². The Morgan fingerprint density at radius 3 is 2.00 bits per heavy atom. The highest BCUT2D eigenvalue weighted by atomic mass is 16.7. The molecule has 3 heteroatoms. The minimum absolute atomic E-state index is 0.111. The average Bonchev–Trinajstić information content (AvgIpc) is 2.53. The molecular weight excluding hydrogens is 180 g/mol. The van der Waals surface area contributed by atoms with Crippen LogP contribution in [0, 0.1) is 0 Å². The fourth-order valence-corrected chi connectivity index (χ4v) is 1.03. The third-order valence-electron chi connectivity index (χ3n) is 1.42. The molecule has 0 aromatic carbocycles. The molecule has 0 bridgehead atoms. The molecule has 0 radical (unpaired) electrons. The first-order chi connectivity index (χ1) is 6.64. The van der Waals surface area contributed by atoms with E-state index in [0.29, 0.717) is 13.2 Å². The van der Waals surface area contributed by atoms with Gasteiger partial charge in [-0.05, 0) is 13.8 Å². The second-order valence-electron chi connectivity index (χ2n) is 2.91. The van der Waals surface area contributed by atoms with Crippen LogP contribution in [0.1, 0.15) is 41.5 Å². The molecule has 1 rings (SSSR count). The quantitative estimate of drug-likeness (QED) is 0.695. The zero-order valence-corrected chi connectivity index (χ0v) is 10.7. The van der Waals surface area contributed by atoms with E-state index in [9.17, 15) is 0 Å². The number of methoxy groups -OCH3 is 1. The summed E-state index contributed by atoms with van der Waals surface area (Å²) in [7, 11) is 1.66. The molecule has 88 valence electrons. The first-order valence-corrected chi connectivity index (χ1v) is 5.45. The van der Waals surface area contributed by atoms with Crippen molar-refractivity contribution in [2.75, 3.05) is 20.3 Å². The van der Waals surface area contributed by atoms with Crippen molar-refractivity contribution in [1.29, 1.82) is 0 Å².